The molecule has 0 fully saturated rings. The average Bonchev–Trinajstić information content (AvgIpc) is 2.73. The third kappa shape index (κ3) is 3.46. The first-order valence-corrected chi connectivity index (χ1v) is 6.10. The quantitative estimate of drug-likeness (QED) is 0.707. The molecule has 4 N–H and O–H groups in total. The van der Waals surface area contributed by atoms with E-state index in [1.165, 1.54) is 11.3 Å². The van der Waals surface area contributed by atoms with Crippen molar-refractivity contribution in [2.24, 2.45) is 11.7 Å². The number of thiazole rings is 1. The Bertz CT molecular complexity index is 354. The summed E-state index contributed by atoms with van der Waals surface area (Å²) in [5, 5.41) is 14.3. The van der Waals surface area contributed by atoms with Crippen LogP contribution in [0, 0.1) is 5.92 Å². The Kier molecular flexibility index (Phi) is 4.70. The Hall–Kier alpha value is -1.14. The van der Waals surface area contributed by atoms with Crippen molar-refractivity contribution in [3.05, 3.63) is 11.1 Å². The lowest BCUT2D eigenvalue weighted by atomic mass is 10.1. The minimum absolute atomic E-state index is 0.407. The summed E-state index contributed by atoms with van der Waals surface area (Å²) in [5.41, 5.74) is 5.86. The Morgan fingerprint density at radius 1 is 1.75 bits per heavy atom. The highest BCUT2D eigenvalue weighted by Gasteiger charge is 2.17. The molecule has 0 aliphatic rings. The van der Waals surface area contributed by atoms with Crippen LogP contribution in [-0.4, -0.2) is 22.6 Å². The van der Waals surface area contributed by atoms with Gasteiger partial charge in [0.25, 0.3) is 0 Å². The first kappa shape index (κ1) is 12.9. The van der Waals surface area contributed by atoms with Crippen molar-refractivity contribution < 1.29 is 9.90 Å². The fourth-order valence-corrected chi connectivity index (χ4v) is 1.80. The standard InChI is InChI=1S/C10H17N3O2S/c1-3-6(2)4-12-10-13-7(5-16-10)8(11)9(14)15/h5-6,8H,3-4,11H2,1-2H3,(H,12,13)(H,14,15). The van der Waals surface area contributed by atoms with E-state index in [1.807, 2.05) is 0 Å². The van der Waals surface area contributed by atoms with E-state index in [4.69, 9.17) is 10.8 Å². The van der Waals surface area contributed by atoms with Crippen LogP contribution in [0.15, 0.2) is 5.38 Å². The monoisotopic (exact) mass is 243 g/mol. The molecule has 0 saturated heterocycles. The van der Waals surface area contributed by atoms with Gasteiger partial charge in [0, 0.05) is 11.9 Å². The van der Waals surface area contributed by atoms with Crippen LogP contribution in [-0.2, 0) is 4.79 Å². The van der Waals surface area contributed by atoms with Gasteiger partial charge in [-0.15, -0.1) is 11.3 Å². The normalized spacial score (nSPS) is 14.4. The third-order valence-corrected chi connectivity index (χ3v) is 3.22. The molecule has 0 aromatic carbocycles. The molecule has 0 amide bonds. The summed E-state index contributed by atoms with van der Waals surface area (Å²) in [6.07, 6.45) is 1.10. The van der Waals surface area contributed by atoms with Gasteiger partial charge < -0.3 is 16.2 Å². The molecular weight excluding hydrogens is 226 g/mol. The number of carboxylic acids is 1. The van der Waals surface area contributed by atoms with E-state index < -0.39 is 12.0 Å². The molecule has 0 radical (unpaired) electrons. The highest BCUT2D eigenvalue weighted by atomic mass is 32.1. The average molecular weight is 243 g/mol. The molecule has 1 aromatic heterocycles. The number of aliphatic carboxylic acids is 1. The second kappa shape index (κ2) is 5.81. The van der Waals surface area contributed by atoms with Crippen LogP contribution in [0.5, 0.6) is 0 Å². The Morgan fingerprint density at radius 3 is 3.00 bits per heavy atom. The Labute approximate surface area is 98.7 Å². The first-order valence-electron chi connectivity index (χ1n) is 5.22. The van der Waals surface area contributed by atoms with Crippen LogP contribution in [0.3, 0.4) is 0 Å². The van der Waals surface area contributed by atoms with Crippen molar-refractivity contribution in [1.82, 2.24) is 4.98 Å². The number of hydrogen-bond acceptors (Lipinski definition) is 5. The van der Waals surface area contributed by atoms with E-state index in [2.05, 4.69) is 24.1 Å². The summed E-state index contributed by atoms with van der Waals surface area (Å²) in [4.78, 5) is 14.8. The molecule has 6 heteroatoms. The molecule has 1 aromatic rings. The van der Waals surface area contributed by atoms with Crippen LogP contribution >= 0.6 is 11.3 Å². The summed E-state index contributed by atoms with van der Waals surface area (Å²) in [6, 6.07) is -1.03. The zero-order valence-corrected chi connectivity index (χ0v) is 10.3. The molecule has 2 atom stereocenters. The van der Waals surface area contributed by atoms with Gasteiger partial charge in [0.2, 0.25) is 0 Å². The predicted octanol–water partition coefficient (Wildman–Crippen LogP) is 1.69. The highest BCUT2D eigenvalue weighted by Crippen LogP contribution is 2.20. The molecule has 0 saturated carbocycles. The van der Waals surface area contributed by atoms with Crippen molar-refractivity contribution in [3.8, 4) is 0 Å². The second-order valence-electron chi connectivity index (χ2n) is 3.79. The zero-order chi connectivity index (χ0) is 12.1. The molecule has 5 nitrogen and oxygen atoms in total. The largest absolute Gasteiger partial charge is 0.480 e. The lowest BCUT2D eigenvalue weighted by Crippen LogP contribution is -2.21. The van der Waals surface area contributed by atoms with Crippen LogP contribution in [0.1, 0.15) is 32.0 Å². The number of nitrogens with one attached hydrogen (secondary N) is 1. The molecule has 1 rings (SSSR count). The van der Waals surface area contributed by atoms with Crippen molar-refractivity contribution in [3.63, 3.8) is 0 Å². The number of aromatic nitrogens is 1. The Balaban J connectivity index is 2.55. The Morgan fingerprint density at radius 2 is 2.44 bits per heavy atom. The van der Waals surface area contributed by atoms with Gasteiger partial charge in [-0.2, -0.15) is 0 Å². The van der Waals surface area contributed by atoms with E-state index in [0.29, 0.717) is 11.6 Å². The lowest BCUT2D eigenvalue weighted by molar-refractivity contribution is -0.138. The third-order valence-electron chi connectivity index (χ3n) is 2.41. The maximum Gasteiger partial charge on any atom is 0.326 e. The molecule has 2 unspecified atom stereocenters. The first-order chi connectivity index (χ1) is 7.54. The summed E-state index contributed by atoms with van der Waals surface area (Å²) >= 11 is 1.38. The fraction of sp³-hybridized carbons (Fsp3) is 0.600. The number of hydrogen-bond donors (Lipinski definition) is 3. The summed E-state index contributed by atoms with van der Waals surface area (Å²) in [6.45, 7) is 5.11. The van der Waals surface area contributed by atoms with Crippen LogP contribution in [0.4, 0.5) is 5.13 Å². The van der Waals surface area contributed by atoms with E-state index in [-0.39, 0.29) is 0 Å². The van der Waals surface area contributed by atoms with Gasteiger partial charge in [-0.1, -0.05) is 20.3 Å². The topological polar surface area (TPSA) is 88.2 Å². The van der Waals surface area contributed by atoms with Gasteiger partial charge in [-0.25, -0.2) is 4.98 Å². The molecule has 90 valence electrons. The van der Waals surface area contributed by atoms with Gasteiger partial charge in [0.05, 0.1) is 5.69 Å². The van der Waals surface area contributed by atoms with Crippen LogP contribution in [0.25, 0.3) is 0 Å². The number of anilines is 1. The number of carboxylic acid groups (broad SMARTS) is 1. The van der Waals surface area contributed by atoms with Gasteiger partial charge in [-0.3, -0.25) is 4.79 Å². The zero-order valence-electron chi connectivity index (χ0n) is 9.43. The highest BCUT2D eigenvalue weighted by molar-refractivity contribution is 7.13. The number of nitrogens with two attached hydrogens (primary N) is 1. The molecule has 1 heterocycles. The van der Waals surface area contributed by atoms with Gasteiger partial charge >= 0.3 is 5.97 Å². The smallest absolute Gasteiger partial charge is 0.326 e. The predicted molar refractivity (Wildman–Crippen MR) is 64.6 cm³/mol. The fourth-order valence-electron chi connectivity index (χ4n) is 1.04. The van der Waals surface area contributed by atoms with Crippen molar-refractivity contribution >= 4 is 22.4 Å². The van der Waals surface area contributed by atoms with Crippen molar-refractivity contribution in [2.45, 2.75) is 26.3 Å². The minimum atomic E-state index is -1.06. The van der Waals surface area contributed by atoms with Gasteiger partial charge in [0.1, 0.15) is 6.04 Å². The van der Waals surface area contributed by atoms with E-state index in [0.717, 1.165) is 18.1 Å². The maximum absolute atomic E-state index is 10.6. The van der Waals surface area contributed by atoms with Crippen molar-refractivity contribution in [1.29, 1.82) is 0 Å². The molecule has 16 heavy (non-hydrogen) atoms. The SMILES string of the molecule is CCC(C)CNc1nc(C(N)C(=O)O)cs1. The lowest BCUT2D eigenvalue weighted by Gasteiger charge is -2.08. The molecule has 0 aliphatic carbocycles. The molecule has 0 bridgehead atoms. The number of carbonyl (C=O) groups is 1. The van der Waals surface area contributed by atoms with Crippen LogP contribution in [0.2, 0.25) is 0 Å². The van der Waals surface area contributed by atoms with E-state index in [9.17, 15) is 4.79 Å². The van der Waals surface area contributed by atoms with E-state index >= 15 is 0 Å². The summed E-state index contributed by atoms with van der Waals surface area (Å²) in [5.74, 6) is -0.487. The summed E-state index contributed by atoms with van der Waals surface area (Å²) < 4.78 is 0. The molecule has 0 spiro atoms. The second-order valence-corrected chi connectivity index (χ2v) is 4.65. The van der Waals surface area contributed by atoms with Crippen molar-refractivity contribution in [2.75, 3.05) is 11.9 Å². The van der Waals surface area contributed by atoms with Crippen LogP contribution < -0.4 is 11.1 Å². The van der Waals surface area contributed by atoms with Gasteiger partial charge in [-0.05, 0) is 5.92 Å². The number of nitrogens with zero attached hydrogens (tertiary/aromatic N) is 1. The minimum Gasteiger partial charge on any atom is -0.480 e. The summed E-state index contributed by atoms with van der Waals surface area (Å²) in [7, 11) is 0. The van der Waals surface area contributed by atoms with Gasteiger partial charge in [0.15, 0.2) is 5.13 Å². The molecule has 0 aliphatic heterocycles. The number of rotatable bonds is 6. The molecular formula is C10H17N3O2S. The van der Waals surface area contributed by atoms with E-state index in [1.54, 1.807) is 5.38 Å². The maximum atomic E-state index is 10.6.